The third-order valence-electron chi connectivity index (χ3n) is 5.92. The second-order valence-electron chi connectivity index (χ2n) is 7.92. The van der Waals surface area contributed by atoms with E-state index in [-0.39, 0.29) is 11.7 Å². The summed E-state index contributed by atoms with van der Waals surface area (Å²) in [6.07, 6.45) is 0.831. The van der Waals surface area contributed by atoms with Crippen molar-refractivity contribution in [3.05, 3.63) is 63.5 Å². The SMILES string of the molecule is CCNC(=S)N1CCc2cc(OC)c(OC)cc2[C@H]1COc1ccc2c(C)cc(=O)oc2c1. The van der Waals surface area contributed by atoms with E-state index in [1.165, 1.54) is 11.6 Å². The normalized spacial score (nSPS) is 15.2. The predicted molar refractivity (Wildman–Crippen MR) is 132 cm³/mol. The molecule has 4 rings (SSSR count). The number of hydrogen-bond acceptors (Lipinski definition) is 6. The summed E-state index contributed by atoms with van der Waals surface area (Å²) in [4.78, 5) is 13.9. The smallest absolute Gasteiger partial charge is 0.336 e. The molecule has 3 aromatic rings. The van der Waals surface area contributed by atoms with Gasteiger partial charge in [0.15, 0.2) is 16.6 Å². The maximum atomic E-state index is 11.8. The van der Waals surface area contributed by atoms with Gasteiger partial charge in [0.25, 0.3) is 0 Å². The Balaban J connectivity index is 1.67. The van der Waals surface area contributed by atoms with Crippen molar-refractivity contribution in [1.29, 1.82) is 0 Å². The van der Waals surface area contributed by atoms with Gasteiger partial charge in [0.05, 0.1) is 20.3 Å². The van der Waals surface area contributed by atoms with E-state index in [9.17, 15) is 4.79 Å². The van der Waals surface area contributed by atoms with E-state index in [0.29, 0.717) is 34.6 Å². The van der Waals surface area contributed by atoms with Crippen molar-refractivity contribution in [3.8, 4) is 17.2 Å². The summed E-state index contributed by atoms with van der Waals surface area (Å²) in [5, 5.41) is 4.83. The van der Waals surface area contributed by atoms with Crippen LogP contribution in [-0.4, -0.2) is 43.9 Å². The highest BCUT2D eigenvalue weighted by Gasteiger charge is 2.31. The number of fused-ring (bicyclic) bond motifs is 2. The molecule has 0 aliphatic carbocycles. The molecule has 0 fully saturated rings. The molecular weight excluding hydrogens is 440 g/mol. The number of hydrogen-bond donors (Lipinski definition) is 1. The van der Waals surface area contributed by atoms with Crippen LogP contribution in [0.5, 0.6) is 17.2 Å². The highest BCUT2D eigenvalue weighted by atomic mass is 32.1. The van der Waals surface area contributed by atoms with Gasteiger partial charge in [-0.2, -0.15) is 0 Å². The van der Waals surface area contributed by atoms with Gasteiger partial charge < -0.3 is 28.8 Å². The number of nitrogens with one attached hydrogen (secondary N) is 1. The quantitative estimate of drug-likeness (QED) is 0.430. The van der Waals surface area contributed by atoms with E-state index < -0.39 is 0 Å². The monoisotopic (exact) mass is 468 g/mol. The van der Waals surface area contributed by atoms with Crippen LogP contribution < -0.4 is 25.2 Å². The van der Waals surface area contributed by atoms with Crippen LogP contribution in [0.3, 0.4) is 0 Å². The van der Waals surface area contributed by atoms with E-state index >= 15 is 0 Å². The molecule has 1 N–H and O–H groups in total. The molecule has 0 bridgehead atoms. The van der Waals surface area contributed by atoms with Crippen LogP contribution in [0.1, 0.15) is 29.7 Å². The van der Waals surface area contributed by atoms with Crippen molar-refractivity contribution >= 4 is 28.3 Å². The Morgan fingerprint density at radius 2 is 1.94 bits per heavy atom. The first kappa shape index (κ1) is 22.9. The predicted octanol–water partition coefficient (Wildman–Crippen LogP) is 3.99. The number of methoxy groups -OCH3 is 2. The van der Waals surface area contributed by atoms with Crippen LogP contribution in [0, 0.1) is 6.92 Å². The number of aryl methyl sites for hydroxylation is 1. The lowest BCUT2D eigenvalue weighted by atomic mass is 9.92. The van der Waals surface area contributed by atoms with Crippen LogP contribution in [0.25, 0.3) is 11.0 Å². The Morgan fingerprint density at radius 1 is 1.18 bits per heavy atom. The summed E-state index contributed by atoms with van der Waals surface area (Å²) in [7, 11) is 3.27. The molecule has 2 aromatic carbocycles. The minimum atomic E-state index is -0.374. The summed E-state index contributed by atoms with van der Waals surface area (Å²) < 4.78 is 22.6. The lowest BCUT2D eigenvalue weighted by molar-refractivity contribution is 0.187. The van der Waals surface area contributed by atoms with E-state index in [2.05, 4.69) is 10.2 Å². The molecule has 33 heavy (non-hydrogen) atoms. The summed E-state index contributed by atoms with van der Waals surface area (Å²) >= 11 is 5.67. The zero-order valence-corrected chi connectivity index (χ0v) is 20.1. The summed E-state index contributed by atoms with van der Waals surface area (Å²) in [5.41, 5.74) is 3.27. The summed E-state index contributed by atoms with van der Waals surface area (Å²) in [6.45, 7) is 5.77. The molecule has 1 aliphatic heterocycles. The lowest BCUT2D eigenvalue weighted by Gasteiger charge is -2.39. The first-order valence-corrected chi connectivity index (χ1v) is 11.3. The second-order valence-corrected chi connectivity index (χ2v) is 8.30. The molecule has 1 aliphatic rings. The number of thiocarbonyl (C=S) groups is 1. The van der Waals surface area contributed by atoms with Crippen molar-refractivity contribution < 1.29 is 18.6 Å². The molecule has 2 heterocycles. The van der Waals surface area contributed by atoms with Gasteiger partial charge in [-0.05, 0) is 73.4 Å². The van der Waals surface area contributed by atoms with Crippen molar-refractivity contribution in [1.82, 2.24) is 10.2 Å². The molecule has 0 spiro atoms. The van der Waals surface area contributed by atoms with Gasteiger partial charge in [0, 0.05) is 30.6 Å². The molecule has 7 nitrogen and oxygen atoms in total. The Kier molecular flexibility index (Phi) is 6.74. The molecule has 1 aromatic heterocycles. The maximum Gasteiger partial charge on any atom is 0.336 e. The van der Waals surface area contributed by atoms with Gasteiger partial charge in [-0.15, -0.1) is 0 Å². The van der Waals surface area contributed by atoms with E-state index in [1.54, 1.807) is 20.3 Å². The Bertz CT molecular complexity index is 1240. The van der Waals surface area contributed by atoms with E-state index in [4.69, 9.17) is 30.8 Å². The van der Waals surface area contributed by atoms with Gasteiger partial charge in [0.2, 0.25) is 0 Å². The van der Waals surface area contributed by atoms with Gasteiger partial charge in [-0.3, -0.25) is 0 Å². The number of ether oxygens (including phenoxy) is 3. The number of rotatable bonds is 6. The minimum absolute atomic E-state index is 0.125. The molecule has 0 amide bonds. The Hall–Kier alpha value is -3.26. The van der Waals surface area contributed by atoms with Gasteiger partial charge in [0.1, 0.15) is 17.9 Å². The average molecular weight is 469 g/mol. The molecule has 174 valence electrons. The Labute approximate surface area is 198 Å². The third kappa shape index (κ3) is 4.61. The second kappa shape index (κ2) is 9.70. The molecular formula is C25H28N2O5S. The standard InChI is InChI=1S/C25H28N2O5S/c1-5-26-25(33)27-9-8-16-11-22(29-3)23(30-4)13-19(16)20(27)14-31-17-6-7-18-15(2)10-24(28)32-21(18)12-17/h6-7,10-13,20H,5,8-9,14H2,1-4H3,(H,26,33)/t20-/m1/s1. The fraction of sp³-hybridized carbons (Fsp3) is 0.360. The third-order valence-corrected chi connectivity index (χ3v) is 6.30. The first-order chi connectivity index (χ1) is 15.9. The molecule has 0 saturated heterocycles. The van der Waals surface area contributed by atoms with Crippen LogP contribution in [-0.2, 0) is 6.42 Å². The molecule has 8 heteroatoms. The van der Waals surface area contributed by atoms with Crippen LogP contribution >= 0.6 is 12.2 Å². The van der Waals surface area contributed by atoms with Crippen molar-refractivity contribution in [2.45, 2.75) is 26.3 Å². The highest BCUT2D eigenvalue weighted by Crippen LogP contribution is 2.38. The topological polar surface area (TPSA) is 73.2 Å². The van der Waals surface area contributed by atoms with Crippen LogP contribution in [0.15, 0.2) is 45.6 Å². The largest absolute Gasteiger partial charge is 0.493 e. The zero-order chi connectivity index (χ0) is 23.5. The molecule has 0 radical (unpaired) electrons. The summed E-state index contributed by atoms with van der Waals surface area (Å²) in [6, 6.07) is 11.0. The number of benzene rings is 2. The first-order valence-electron chi connectivity index (χ1n) is 10.9. The Morgan fingerprint density at radius 3 is 2.67 bits per heavy atom. The maximum absolute atomic E-state index is 11.8. The van der Waals surface area contributed by atoms with Gasteiger partial charge >= 0.3 is 5.63 Å². The fourth-order valence-electron chi connectivity index (χ4n) is 4.27. The summed E-state index contributed by atoms with van der Waals surface area (Å²) in [5.74, 6) is 2.00. The molecule has 0 saturated carbocycles. The van der Waals surface area contributed by atoms with Gasteiger partial charge in [-0.25, -0.2) is 4.79 Å². The highest BCUT2D eigenvalue weighted by molar-refractivity contribution is 7.80. The molecule has 0 unspecified atom stereocenters. The van der Waals surface area contributed by atoms with Gasteiger partial charge in [-0.1, -0.05) is 0 Å². The zero-order valence-electron chi connectivity index (χ0n) is 19.3. The number of nitrogens with zero attached hydrogens (tertiary/aromatic N) is 1. The lowest BCUT2D eigenvalue weighted by Crippen LogP contribution is -2.47. The minimum Gasteiger partial charge on any atom is -0.493 e. The van der Waals surface area contributed by atoms with E-state index in [0.717, 1.165) is 36.0 Å². The van der Waals surface area contributed by atoms with E-state index in [1.807, 2.05) is 38.1 Å². The van der Waals surface area contributed by atoms with Crippen molar-refractivity contribution in [2.75, 3.05) is 33.9 Å². The van der Waals surface area contributed by atoms with Crippen molar-refractivity contribution in [2.24, 2.45) is 0 Å². The molecule has 1 atom stereocenters. The van der Waals surface area contributed by atoms with Crippen LogP contribution in [0.2, 0.25) is 0 Å². The van der Waals surface area contributed by atoms with Crippen molar-refractivity contribution in [3.63, 3.8) is 0 Å². The van der Waals surface area contributed by atoms with Crippen LogP contribution in [0.4, 0.5) is 0 Å². The average Bonchev–Trinajstić information content (AvgIpc) is 2.81. The fourth-order valence-corrected chi connectivity index (χ4v) is 4.64.